The van der Waals surface area contributed by atoms with Crippen LogP contribution >= 0.6 is 0 Å². The van der Waals surface area contributed by atoms with Gasteiger partial charge >= 0.3 is 0 Å². The average molecular weight is 203 g/mol. The number of hydrogen-bond donors (Lipinski definition) is 1. The predicted molar refractivity (Wildman–Crippen MR) is 61.0 cm³/mol. The summed E-state index contributed by atoms with van der Waals surface area (Å²) in [6.45, 7) is 2.55. The van der Waals surface area contributed by atoms with Gasteiger partial charge in [0.05, 0.1) is 6.61 Å². The fraction of sp³-hybridized carbons (Fsp3) is 0.538. The molecule has 0 bridgehead atoms. The van der Waals surface area contributed by atoms with Crippen LogP contribution in [0.25, 0.3) is 0 Å². The number of aliphatic hydroxyl groups excluding tert-OH is 1. The number of fused-ring (bicyclic) bond motifs is 1. The molecule has 2 aliphatic rings. The summed E-state index contributed by atoms with van der Waals surface area (Å²) in [7, 11) is 0. The largest absolute Gasteiger partial charge is 0.392 e. The summed E-state index contributed by atoms with van der Waals surface area (Å²) in [5.74, 6) is 0.939. The molecule has 0 saturated heterocycles. The van der Waals surface area contributed by atoms with Gasteiger partial charge in [-0.1, -0.05) is 12.1 Å². The summed E-state index contributed by atoms with van der Waals surface area (Å²) < 4.78 is 0. The molecule has 0 atom stereocenters. The Morgan fingerprint density at radius 1 is 1.33 bits per heavy atom. The molecule has 3 rings (SSSR count). The Balaban J connectivity index is 1.85. The second-order valence-corrected chi connectivity index (χ2v) is 4.76. The van der Waals surface area contributed by atoms with Crippen LogP contribution in [-0.4, -0.2) is 18.2 Å². The second kappa shape index (κ2) is 3.53. The lowest BCUT2D eigenvalue weighted by atomic mass is 10.1. The fourth-order valence-corrected chi connectivity index (χ4v) is 2.39. The molecule has 0 radical (unpaired) electrons. The molecule has 0 aromatic heterocycles. The third-order valence-electron chi connectivity index (χ3n) is 3.50. The van der Waals surface area contributed by atoms with Crippen LogP contribution in [0.3, 0.4) is 0 Å². The standard InChI is InChI=1S/C13H17NO/c15-9-11-3-4-12-5-6-14(13(12)7-11)8-10-1-2-10/h3-4,7,10,15H,1-2,5-6,8-9H2. The van der Waals surface area contributed by atoms with E-state index in [1.165, 1.54) is 43.6 Å². The molecule has 1 aromatic rings. The van der Waals surface area contributed by atoms with E-state index in [1.807, 2.05) is 6.07 Å². The second-order valence-electron chi connectivity index (χ2n) is 4.76. The Bertz CT molecular complexity index is 371. The van der Waals surface area contributed by atoms with Gasteiger partial charge in [-0.15, -0.1) is 0 Å². The molecule has 0 spiro atoms. The van der Waals surface area contributed by atoms with Gasteiger partial charge in [0, 0.05) is 18.8 Å². The van der Waals surface area contributed by atoms with Crippen molar-refractivity contribution in [3.05, 3.63) is 29.3 Å². The highest BCUT2D eigenvalue weighted by Gasteiger charge is 2.27. The van der Waals surface area contributed by atoms with Crippen molar-refractivity contribution in [1.82, 2.24) is 0 Å². The molecule has 80 valence electrons. The first kappa shape index (κ1) is 9.22. The van der Waals surface area contributed by atoms with Crippen LogP contribution in [0.4, 0.5) is 5.69 Å². The highest BCUT2D eigenvalue weighted by atomic mass is 16.3. The predicted octanol–water partition coefficient (Wildman–Crippen LogP) is 1.95. The van der Waals surface area contributed by atoms with Crippen molar-refractivity contribution >= 4 is 5.69 Å². The zero-order chi connectivity index (χ0) is 10.3. The highest BCUT2D eigenvalue weighted by molar-refractivity contribution is 5.59. The molecule has 1 aliphatic heterocycles. The smallest absolute Gasteiger partial charge is 0.0682 e. The molecule has 2 nitrogen and oxygen atoms in total. The number of rotatable bonds is 3. The van der Waals surface area contributed by atoms with Crippen molar-refractivity contribution in [3.63, 3.8) is 0 Å². The molecule has 1 fully saturated rings. The van der Waals surface area contributed by atoms with Crippen LogP contribution in [0, 0.1) is 5.92 Å². The lowest BCUT2D eigenvalue weighted by molar-refractivity contribution is 0.282. The first-order valence-corrected chi connectivity index (χ1v) is 5.84. The van der Waals surface area contributed by atoms with Gasteiger partial charge in [0.2, 0.25) is 0 Å². The summed E-state index contributed by atoms with van der Waals surface area (Å²) in [5.41, 5.74) is 3.86. The van der Waals surface area contributed by atoms with E-state index in [2.05, 4.69) is 17.0 Å². The minimum absolute atomic E-state index is 0.157. The maximum Gasteiger partial charge on any atom is 0.0682 e. The minimum Gasteiger partial charge on any atom is -0.392 e. The molecule has 1 heterocycles. The van der Waals surface area contributed by atoms with Crippen molar-refractivity contribution in [1.29, 1.82) is 0 Å². The lowest BCUT2D eigenvalue weighted by Crippen LogP contribution is -2.22. The lowest BCUT2D eigenvalue weighted by Gasteiger charge is -2.19. The fourth-order valence-electron chi connectivity index (χ4n) is 2.39. The van der Waals surface area contributed by atoms with Crippen molar-refractivity contribution in [2.75, 3.05) is 18.0 Å². The van der Waals surface area contributed by atoms with Crippen molar-refractivity contribution in [3.8, 4) is 0 Å². The molecular weight excluding hydrogens is 186 g/mol. The molecule has 1 aliphatic carbocycles. The van der Waals surface area contributed by atoms with E-state index in [4.69, 9.17) is 5.11 Å². The molecule has 2 heteroatoms. The molecule has 15 heavy (non-hydrogen) atoms. The topological polar surface area (TPSA) is 23.5 Å². The normalized spacial score (nSPS) is 19.4. The molecular formula is C13H17NO. The number of nitrogens with zero attached hydrogens (tertiary/aromatic N) is 1. The SMILES string of the molecule is OCc1ccc2c(c1)N(CC1CC1)CC2. The van der Waals surface area contributed by atoms with Gasteiger partial charge in [-0.2, -0.15) is 0 Å². The van der Waals surface area contributed by atoms with E-state index in [-0.39, 0.29) is 6.61 Å². The monoisotopic (exact) mass is 203 g/mol. The third kappa shape index (κ3) is 1.74. The van der Waals surface area contributed by atoms with Crippen LogP contribution < -0.4 is 4.90 Å². The van der Waals surface area contributed by atoms with Crippen molar-refractivity contribution in [2.24, 2.45) is 5.92 Å². The van der Waals surface area contributed by atoms with Gasteiger partial charge in [0.1, 0.15) is 0 Å². The third-order valence-corrected chi connectivity index (χ3v) is 3.50. The Kier molecular flexibility index (Phi) is 2.17. The van der Waals surface area contributed by atoms with Gasteiger partial charge in [-0.25, -0.2) is 0 Å². The van der Waals surface area contributed by atoms with E-state index in [9.17, 15) is 0 Å². The van der Waals surface area contributed by atoms with Crippen LogP contribution in [-0.2, 0) is 13.0 Å². The Labute approximate surface area is 90.5 Å². The maximum atomic E-state index is 9.13. The molecule has 1 N–H and O–H groups in total. The first-order chi connectivity index (χ1) is 7.36. The number of hydrogen-bond acceptors (Lipinski definition) is 2. The van der Waals surface area contributed by atoms with Gasteiger partial charge in [0.15, 0.2) is 0 Å². The summed E-state index contributed by atoms with van der Waals surface area (Å²) in [6, 6.07) is 6.37. The van der Waals surface area contributed by atoms with Crippen LogP contribution in [0.5, 0.6) is 0 Å². The van der Waals surface area contributed by atoms with Crippen molar-refractivity contribution in [2.45, 2.75) is 25.9 Å². The van der Waals surface area contributed by atoms with Crippen LogP contribution in [0.15, 0.2) is 18.2 Å². The number of benzene rings is 1. The number of anilines is 1. The highest BCUT2D eigenvalue weighted by Crippen LogP contribution is 2.35. The molecule has 0 amide bonds. The zero-order valence-electron chi connectivity index (χ0n) is 8.95. The van der Waals surface area contributed by atoms with Crippen LogP contribution in [0.1, 0.15) is 24.0 Å². The zero-order valence-corrected chi connectivity index (χ0v) is 8.95. The summed E-state index contributed by atoms with van der Waals surface area (Å²) in [4.78, 5) is 2.49. The van der Waals surface area contributed by atoms with Gasteiger partial charge in [0.25, 0.3) is 0 Å². The van der Waals surface area contributed by atoms with E-state index < -0.39 is 0 Å². The van der Waals surface area contributed by atoms with E-state index in [0.717, 1.165) is 11.5 Å². The molecule has 1 aromatic carbocycles. The van der Waals surface area contributed by atoms with E-state index in [1.54, 1.807) is 0 Å². The van der Waals surface area contributed by atoms with Gasteiger partial charge < -0.3 is 10.0 Å². The molecule has 1 saturated carbocycles. The Morgan fingerprint density at radius 3 is 2.93 bits per heavy atom. The van der Waals surface area contributed by atoms with Crippen LogP contribution in [0.2, 0.25) is 0 Å². The number of aliphatic hydroxyl groups is 1. The quantitative estimate of drug-likeness (QED) is 0.811. The summed E-state index contributed by atoms with van der Waals surface area (Å²) in [6.07, 6.45) is 3.99. The van der Waals surface area contributed by atoms with E-state index >= 15 is 0 Å². The van der Waals surface area contributed by atoms with Gasteiger partial charge in [-0.05, 0) is 42.4 Å². The van der Waals surface area contributed by atoms with Gasteiger partial charge in [-0.3, -0.25) is 0 Å². The Hall–Kier alpha value is -1.02. The average Bonchev–Trinajstić information content (AvgIpc) is 3.00. The molecule has 0 unspecified atom stereocenters. The first-order valence-electron chi connectivity index (χ1n) is 5.84. The van der Waals surface area contributed by atoms with Crippen molar-refractivity contribution < 1.29 is 5.11 Å². The Morgan fingerprint density at radius 2 is 2.20 bits per heavy atom. The van der Waals surface area contributed by atoms with E-state index in [0.29, 0.717) is 0 Å². The summed E-state index contributed by atoms with van der Waals surface area (Å²) >= 11 is 0. The summed E-state index contributed by atoms with van der Waals surface area (Å²) in [5, 5.41) is 9.13. The minimum atomic E-state index is 0.157. The maximum absolute atomic E-state index is 9.13.